The summed E-state index contributed by atoms with van der Waals surface area (Å²) in [5, 5.41) is 0. The van der Waals surface area contributed by atoms with E-state index in [-0.39, 0.29) is 32.0 Å². The van der Waals surface area contributed by atoms with Gasteiger partial charge in [-0.2, -0.15) is 0 Å². The zero-order valence-corrected chi connectivity index (χ0v) is 14.1. The molecule has 1 fully saturated rings. The highest BCUT2D eigenvalue weighted by atomic mass is 16.5. The summed E-state index contributed by atoms with van der Waals surface area (Å²) in [7, 11) is 2.39. The lowest BCUT2D eigenvalue weighted by molar-refractivity contribution is -0.153. The van der Waals surface area contributed by atoms with Gasteiger partial charge in [-0.3, -0.25) is 19.2 Å². The summed E-state index contributed by atoms with van der Waals surface area (Å²) in [6.45, 7) is -0.554. The molecule has 2 rings (SSSR count). The van der Waals surface area contributed by atoms with E-state index in [1.165, 1.54) is 19.1 Å². The summed E-state index contributed by atoms with van der Waals surface area (Å²) >= 11 is 0. The van der Waals surface area contributed by atoms with Crippen molar-refractivity contribution in [2.45, 2.75) is 6.42 Å². The van der Waals surface area contributed by atoms with Crippen LogP contribution in [-0.2, 0) is 28.7 Å². The van der Waals surface area contributed by atoms with Crippen LogP contribution in [0, 0.1) is 5.92 Å². The van der Waals surface area contributed by atoms with Crippen LogP contribution in [0.5, 0.6) is 0 Å². The molecule has 134 valence electrons. The average Bonchev–Trinajstić information content (AvgIpc) is 3.02. The normalized spacial score (nSPS) is 16.5. The zero-order valence-electron chi connectivity index (χ0n) is 14.1. The number of ether oxygens (including phenoxy) is 2. The van der Waals surface area contributed by atoms with Crippen molar-refractivity contribution >= 4 is 29.4 Å². The van der Waals surface area contributed by atoms with Crippen LogP contribution in [0.2, 0.25) is 0 Å². The molecule has 1 aromatic rings. The number of carbonyl (C=O) groups is 4. The highest BCUT2D eigenvalue weighted by molar-refractivity contribution is 6.01. The Balaban J connectivity index is 2.11. The molecule has 0 spiro atoms. The summed E-state index contributed by atoms with van der Waals surface area (Å²) < 4.78 is 9.12. The lowest BCUT2D eigenvalue weighted by Crippen LogP contribution is -2.44. The third-order valence-corrected chi connectivity index (χ3v) is 3.95. The van der Waals surface area contributed by atoms with E-state index in [9.17, 15) is 19.2 Å². The number of carbonyl (C=O) groups excluding carboxylic acids is 4. The molecule has 8 heteroatoms. The fourth-order valence-corrected chi connectivity index (χ4v) is 2.64. The van der Waals surface area contributed by atoms with E-state index in [0.29, 0.717) is 5.69 Å². The van der Waals surface area contributed by atoms with Crippen molar-refractivity contribution in [2.75, 3.05) is 38.8 Å². The molecule has 1 aromatic carbocycles. The molecule has 1 aliphatic heterocycles. The molecule has 2 amide bonds. The first-order chi connectivity index (χ1) is 12.0. The summed E-state index contributed by atoms with van der Waals surface area (Å²) in [6.07, 6.45) is 0.0204. The van der Waals surface area contributed by atoms with Gasteiger partial charge in [-0.1, -0.05) is 18.2 Å². The lowest BCUT2D eigenvalue weighted by atomic mass is 10.1. The van der Waals surface area contributed by atoms with Crippen LogP contribution >= 0.6 is 0 Å². The Morgan fingerprint density at radius 2 is 1.64 bits per heavy atom. The van der Waals surface area contributed by atoms with Crippen molar-refractivity contribution in [3.05, 3.63) is 30.3 Å². The van der Waals surface area contributed by atoms with Gasteiger partial charge in [0.25, 0.3) is 0 Å². The van der Waals surface area contributed by atoms with Crippen molar-refractivity contribution in [1.82, 2.24) is 4.90 Å². The van der Waals surface area contributed by atoms with E-state index in [2.05, 4.69) is 9.47 Å². The second-order valence-electron chi connectivity index (χ2n) is 5.59. The van der Waals surface area contributed by atoms with Gasteiger partial charge >= 0.3 is 11.9 Å². The number of hydrogen-bond donors (Lipinski definition) is 0. The predicted molar refractivity (Wildman–Crippen MR) is 87.5 cm³/mol. The third kappa shape index (κ3) is 4.56. The minimum atomic E-state index is -0.651. The molecule has 1 aliphatic rings. The van der Waals surface area contributed by atoms with E-state index in [4.69, 9.17) is 0 Å². The molecule has 0 unspecified atom stereocenters. The number of hydrogen-bond acceptors (Lipinski definition) is 6. The molecule has 0 bridgehead atoms. The van der Waals surface area contributed by atoms with Gasteiger partial charge in [0.1, 0.15) is 13.1 Å². The topological polar surface area (TPSA) is 93.2 Å². The summed E-state index contributed by atoms with van der Waals surface area (Å²) in [5.41, 5.74) is 0.704. The third-order valence-electron chi connectivity index (χ3n) is 3.95. The van der Waals surface area contributed by atoms with E-state index in [0.717, 1.165) is 4.90 Å². The smallest absolute Gasteiger partial charge is 0.325 e. The Bertz CT molecular complexity index is 642. The van der Waals surface area contributed by atoms with Crippen LogP contribution in [0.3, 0.4) is 0 Å². The Labute approximate surface area is 145 Å². The van der Waals surface area contributed by atoms with Crippen molar-refractivity contribution in [1.29, 1.82) is 0 Å². The van der Waals surface area contributed by atoms with Crippen LogP contribution in [0.25, 0.3) is 0 Å². The molecule has 25 heavy (non-hydrogen) atoms. The maximum absolute atomic E-state index is 12.7. The lowest BCUT2D eigenvalue weighted by Gasteiger charge is -2.23. The molecule has 0 radical (unpaired) electrons. The van der Waals surface area contributed by atoms with Crippen LogP contribution < -0.4 is 4.90 Å². The maximum Gasteiger partial charge on any atom is 0.325 e. The minimum Gasteiger partial charge on any atom is -0.468 e. The van der Waals surface area contributed by atoms with Gasteiger partial charge < -0.3 is 19.3 Å². The van der Waals surface area contributed by atoms with Crippen molar-refractivity contribution < 1.29 is 28.7 Å². The summed E-state index contributed by atoms with van der Waals surface area (Å²) in [6, 6.07) is 9.01. The number of rotatable bonds is 6. The fourth-order valence-electron chi connectivity index (χ4n) is 2.64. The highest BCUT2D eigenvalue weighted by Gasteiger charge is 2.38. The Hall–Kier alpha value is -2.90. The van der Waals surface area contributed by atoms with Gasteiger partial charge in [0.05, 0.1) is 20.1 Å². The Morgan fingerprint density at radius 3 is 2.16 bits per heavy atom. The van der Waals surface area contributed by atoms with Gasteiger partial charge in [-0.15, -0.1) is 0 Å². The van der Waals surface area contributed by atoms with Gasteiger partial charge in [0.2, 0.25) is 11.8 Å². The van der Waals surface area contributed by atoms with Crippen molar-refractivity contribution in [3.8, 4) is 0 Å². The number of anilines is 1. The van der Waals surface area contributed by atoms with Crippen LogP contribution in [0.15, 0.2) is 30.3 Å². The quantitative estimate of drug-likeness (QED) is 0.683. The second kappa shape index (κ2) is 8.27. The molecule has 0 aromatic heterocycles. The minimum absolute atomic E-state index is 0.0204. The SMILES string of the molecule is COC(=O)CN(CC(=O)OC)C(=O)[C@@H]1CC(=O)N(c2ccccc2)C1. The molecule has 0 saturated carbocycles. The van der Waals surface area contributed by atoms with E-state index >= 15 is 0 Å². The van der Waals surface area contributed by atoms with Crippen molar-refractivity contribution in [2.24, 2.45) is 5.92 Å². The summed E-state index contributed by atoms with van der Waals surface area (Å²) in [5.74, 6) is -2.58. The van der Waals surface area contributed by atoms with Crippen LogP contribution in [0.1, 0.15) is 6.42 Å². The standard InChI is InChI=1S/C17H20N2O6/c1-24-15(21)10-18(11-16(22)25-2)17(23)12-8-14(20)19(9-12)13-6-4-3-5-7-13/h3-7,12H,8-11H2,1-2H3/t12-/m1/s1. The molecule has 0 N–H and O–H groups in total. The number of esters is 2. The Morgan fingerprint density at radius 1 is 1.08 bits per heavy atom. The largest absolute Gasteiger partial charge is 0.468 e. The molecule has 1 heterocycles. The van der Waals surface area contributed by atoms with Crippen LogP contribution in [0.4, 0.5) is 5.69 Å². The highest BCUT2D eigenvalue weighted by Crippen LogP contribution is 2.26. The van der Waals surface area contributed by atoms with Gasteiger partial charge in [-0.05, 0) is 12.1 Å². The predicted octanol–water partition coefficient (Wildman–Crippen LogP) is 0.214. The number of amides is 2. The molecular formula is C17H20N2O6. The van der Waals surface area contributed by atoms with Gasteiger partial charge in [-0.25, -0.2) is 0 Å². The van der Waals surface area contributed by atoms with Gasteiger partial charge in [0, 0.05) is 18.7 Å². The number of para-hydroxylation sites is 1. The second-order valence-corrected chi connectivity index (χ2v) is 5.59. The van der Waals surface area contributed by atoms with Gasteiger partial charge in [0.15, 0.2) is 0 Å². The molecule has 1 saturated heterocycles. The molecule has 0 aliphatic carbocycles. The number of benzene rings is 1. The Kier molecular flexibility index (Phi) is 6.10. The number of methoxy groups -OCH3 is 2. The first-order valence-corrected chi connectivity index (χ1v) is 7.74. The number of nitrogens with zero attached hydrogens (tertiary/aromatic N) is 2. The van der Waals surface area contributed by atoms with E-state index in [1.807, 2.05) is 6.07 Å². The zero-order chi connectivity index (χ0) is 18.4. The fraction of sp³-hybridized carbons (Fsp3) is 0.412. The van der Waals surface area contributed by atoms with E-state index in [1.54, 1.807) is 24.3 Å². The summed E-state index contributed by atoms with van der Waals surface area (Å²) in [4.78, 5) is 50.6. The monoisotopic (exact) mass is 348 g/mol. The van der Waals surface area contributed by atoms with Crippen molar-refractivity contribution in [3.63, 3.8) is 0 Å². The molecule has 1 atom stereocenters. The first kappa shape index (κ1) is 18.4. The molecular weight excluding hydrogens is 328 g/mol. The molecule has 8 nitrogen and oxygen atoms in total. The van der Waals surface area contributed by atoms with Crippen LogP contribution in [-0.4, -0.2) is 62.5 Å². The average molecular weight is 348 g/mol. The first-order valence-electron chi connectivity index (χ1n) is 7.74. The maximum atomic E-state index is 12.7. The van der Waals surface area contributed by atoms with E-state index < -0.39 is 23.8 Å².